The molecule has 10 heteroatoms. The predicted molar refractivity (Wildman–Crippen MR) is 82.2 cm³/mol. The van der Waals surface area contributed by atoms with Crippen LogP contribution in [0.1, 0.15) is 6.92 Å². The lowest BCUT2D eigenvalue weighted by atomic mass is 10.2. The molecular formula is C11H17Cl2F3N2O2S. The fourth-order valence-electron chi connectivity index (χ4n) is 1.65. The van der Waals surface area contributed by atoms with Gasteiger partial charge >= 0.3 is 12.1 Å². The van der Waals surface area contributed by atoms with Crippen LogP contribution in [0.2, 0.25) is 0 Å². The fourth-order valence-corrected chi connectivity index (χ4v) is 2.30. The maximum absolute atomic E-state index is 10.6. The number of piperazine rings is 1. The molecule has 0 bridgehead atoms. The molecule has 1 saturated heterocycles. The number of rotatable bonds is 1. The largest absolute Gasteiger partial charge is 0.490 e. The third-order valence-electron chi connectivity index (χ3n) is 2.58. The second kappa shape index (κ2) is 10.1. The zero-order chi connectivity index (χ0) is 14.5. The highest BCUT2D eigenvalue weighted by Gasteiger charge is 2.38. The smallest absolute Gasteiger partial charge is 0.475 e. The van der Waals surface area contributed by atoms with Crippen LogP contribution in [0.5, 0.6) is 0 Å². The molecule has 4 nitrogen and oxygen atoms in total. The van der Waals surface area contributed by atoms with Gasteiger partial charge in [-0.1, -0.05) is 0 Å². The van der Waals surface area contributed by atoms with E-state index in [-0.39, 0.29) is 24.8 Å². The van der Waals surface area contributed by atoms with Crippen LogP contribution < -0.4 is 10.2 Å². The van der Waals surface area contributed by atoms with Gasteiger partial charge in [0.2, 0.25) is 0 Å². The average Bonchev–Trinajstić information content (AvgIpc) is 2.82. The zero-order valence-electron chi connectivity index (χ0n) is 11.1. The van der Waals surface area contributed by atoms with Gasteiger partial charge in [0.05, 0.1) is 0 Å². The second-order valence-electron chi connectivity index (χ2n) is 4.03. The SMILES string of the molecule is CC1CNCCN1c1ccsc1.Cl.Cl.O=C(O)C(F)(F)F. The minimum Gasteiger partial charge on any atom is -0.475 e. The van der Waals surface area contributed by atoms with Crippen LogP contribution in [0.4, 0.5) is 18.9 Å². The first-order valence-electron chi connectivity index (χ1n) is 5.62. The number of alkyl halides is 3. The second-order valence-corrected chi connectivity index (χ2v) is 4.81. The predicted octanol–water partition coefficient (Wildman–Crippen LogP) is 3.02. The van der Waals surface area contributed by atoms with Crippen LogP contribution in [0.3, 0.4) is 0 Å². The van der Waals surface area contributed by atoms with Crippen molar-refractivity contribution in [1.82, 2.24) is 5.32 Å². The molecule has 1 atom stereocenters. The molecule has 1 aliphatic rings. The van der Waals surface area contributed by atoms with Gasteiger partial charge in [-0.05, 0) is 18.4 Å². The highest BCUT2D eigenvalue weighted by molar-refractivity contribution is 7.08. The number of carboxylic acids is 1. The first-order valence-corrected chi connectivity index (χ1v) is 6.56. The van der Waals surface area contributed by atoms with Gasteiger partial charge in [0, 0.05) is 36.7 Å². The van der Waals surface area contributed by atoms with Gasteiger partial charge < -0.3 is 15.3 Å². The molecule has 0 aliphatic carbocycles. The Bertz CT molecular complexity index is 405. The van der Waals surface area contributed by atoms with E-state index < -0.39 is 12.1 Å². The summed E-state index contributed by atoms with van der Waals surface area (Å²) in [6.45, 7) is 5.62. The summed E-state index contributed by atoms with van der Waals surface area (Å²) >= 11 is 1.77. The maximum atomic E-state index is 10.6. The van der Waals surface area contributed by atoms with Crippen molar-refractivity contribution in [3.63, 3.8) is 0 Å². The van der Waals surface area contributed by atoms with Crippen LogP contribution in [-0.2, 0) is 4.79 Å². The molecule has 1 aromatic rings. The van der Waals surface area contributed by atoms with Crippen LogP contribution in [0, 0.1) is 0 Å². The van der Waals surface area contributed by atoms with Crippen LogP contribution in [0.25, 0.3) is 0 Å². The Morgan fingerprint density at radius 3 is 2.43 bits per heavy atom. The van der Waals surface area contributed by atoms with Gasteiger partial charge in [0.25, 0.3) is 0 Å². The fraction of sp³-hybridized carbons (Fsp3) is 0.545. The Labute approximate surface area is 137 Å². The molecule has 1 fully saturated rings. The quantitative estimate of drug-likeness (QED) is 0.799. The number of thiophene rings is 1. The summed E-state index contributed by atoms with van der Waals surface area (Å²) in [7, 11) is 0. The van der Waals surface area contributed by atoms with E-state index in [4.69, 9.17) is 9.90 Å². The molecule has 1 unspecified atom stereocenters. The van der Waals surface area contributed by atoms with Crippen LogP contribution in [-0.4, -0.2) is 42.9 Å². The van der Waals surface area contributed by atoms with Crippen molar-refractivity contribution in [1.29, 1.82) is 0 Å². The molecule has 2 heterocycles. The minimum atomic E-state index is -5.08. The number of halogens is 5. The highest BCUT2D eigenvalue weighted by atomic mass is 35.5. The molecule has 0 spiro atoms. The number of hydrogen-bond donors (Lipinski definition) is 2. The maximum Gasteiger partial charge on any atom is 0.490 e. The topological polar surface area (TPSA) is 52.6 Å². The van der Waals surface area contributed by atoms with Crippen molar-refractivity contribution in [3.05, 3.63) is 16.8 Å². The van der Waals surface area contributed by atoms with E-state index >= 15 is 0 Å². The number of carboxylic acid groups (broad SMARTS) is 1. The zero-order valence-corrected chi connectivity index (χ0v) is 13.5. The number of carbonyl (C=O) groups is 1. The molecule has 21 heavy (non-hydrogen) atoms. The molecule has 2 N–H and O–H groups in total. The lowest BCUT2D eigenvalue weighted by Crippen LogP contribution is -2.49. The van der Waals surface area contributed by atoms with Gasteiger partial charge in [-0.25, -0.2) is 4.79 Å². The normalized spacial score (nSPS) is 17.7. The van der Waals surface area contributed by atoms with Gasteiger partial charge in [-0.2, -0.15) is 24.5 Å². The van der Waals surface area contributed by atoms with Crippen molar-refractivity contribution in [3.8, 4) is 0 Å². The van der Waals surface area contributed by atoms with E-state index in [1.165, 1.54) is 5.69 Å². The highest BCUT2D eigenvalue weighted by Crippen LogP contribution is 2.20. The summed E-state index contributed by atoms with van der Waals surface area (Å²) in [5.74, 6) is -2.76. The van der Waals surface area contributed by atoms with Gasteiger partial charge in [0.15, 0.2) is 0 Å². The van der Waals surface area contributed by atoms with Crippen molar-refractivity contribution in [2.45, 2.75) is 19.1 Å². The number of aliphatic carboxylic acids is 1. The van der Waals surface area contributed by atoms with Crippen LogP contribution in [0.15, 0.2) is 16.8 Å². The van der Waals surface area contributed by atoms with Crippen molar-refractivity contribution in [2.75, 3.05) is 24.5 Å². The molecule has 0 amide bonds. The Morgan fingerprint density at radius 2 is 2.05 bits per heavy atom. The summed E-state index contributed by atoms with van der Waals surface area (Å²) in [5, 5.41) is 14.9. The van der Waals surface area contributed by atoms with Crippen molar-refractivity contribution in [2.24, 2.45) is 0 Å². The number of nitrogens with one attached hydrogen (secondary N) is 1. The lowest BCUT2D eigenvalue weighted by Gasteiger charge is -2.35. The van der Waals surface area contributed by atoms with Crippen molar-refractivity contribution < 1.29 is 23.1 Å². The summed E-state index contributed by atoms with van der Waals surface area (Å²) in [4.78, 5) is 11.4. The Hall–Kier alpha value is -0.700. The number of nitrogens with zero attached hydrogens (tertiary/aromatic N) is 1. The summed E-state index contributed by atoms with van der Waals surface area (Å²) in [5.41, 5.74) is 1.38. The van der Waals surface area contributed by atoms with Crippen molar-refractivity contribution >= 4 is 47.8 Å². The molecule has 124 valence electrons. The Balaban J connectivity index is 0. The Morgan fingerprint density at radius 1 is 1.48 bits per heavy atom. The van der Waals surface area contributed by atoms with E-state index in [9.17, 15) is 13.2 Å². The molecule has 0 aromatic carbocycles. The molecular weight excluding hydrogens is 352 g/mol. The Kier molecular flexibility index (Phi) is 10.9. The van der Waals surface area contributed by atoms with E-state index in [0.29, 0.717) is 6.04 Å². The summed E-state index contributed by atoms with van der Waals surface area (Å²) in [6.07, 6.45) is -5.08. The van der Waals surface area contributed by atoms with E-state index in [0.717, 1.165) is 19.6 Å². The van der Waals surface area contributed by atoms with Gasteiger partial charge in [-0.3, -0.25) is 0 Å². The molecule has 1 aliphatic heterocycles. The third-order valence-corrected chi connectivity index (χ3v) is 3.25. The van der Waals surface area contributed by atoms with E-state index in [1.807, 2.05) is 0 Å². The van der Waals surface area contributed by atoms with E-state index in [2.05, 4.69) is 34.0 Å². The van der Waals surface area contributed by atoms with E-state index in [1.54, 1.807) is 11.3 Å². The average molecular weight is 369 g/mol. The molecule has 2 rings (SSSR count). The molecule has 1 aromatic heterocycles. The first kappa shape index (κ1) is 22.6. The molecule has 0 saturated carbocycles. The van der Waals surface area contributed by atoms with Gasteiger partial charge in [0.1, 0.15) is 0 Å². The summed E-state index contributed by atoms with van der Waals surface area (Å²) < 4.78 is 31.7. The monoisotopic (exact) mass is 368 g/mol. The van der Waals surface area contributed by atoms with Crippen LogP contribution >= 0.6 is 36.2 Å². The number of hydrogen-bond acceptors (Lipinski definition) is 4. The third kappa shape index (κ3) is 7.75. The van der Waals surface area contributed by atoms with Gasteiger partial charge in [-0.15, -0.1) is 24.8 Å². The lowest BCUT2D eigenvalue weighted by molar-refractivity contribution is -0.192. The standard InChI is InChI=1S/C9H14N2S.C2HF3O2.2ClH/c1-8-6-10-3-4-11(8)9-2-5-12-7-9;3-2(4,5)1(6)7;;/h2,5,7-8,10H,3-4,6H2,1H3;(H,6,7);2*1H. The first-order chi connectivity index (χ1) is 8.82. The summed E-state index contributed by atoms with van der Waals surface area (Å²) in [6, 6.07) is 2.83. The minimum absolute atomic E-state index is 0. The number of anilines is 1. The molecule has 0 radical (unpaired) electrons.